The maximum atomic E-state index is 12.6. The van der Waals surface area contributed by atoms with Crippen LogP contribution in [0.3, 0.4) is 0 Å². The second-order valence-corrected chi connectivity index (χ2v) is 6.03. The van der Waals surface area contributed by atoms with Gasteiger partial charge in [-0.2, -0.15) is 0 Å². The number of benzene rings is 2. The fraction of sp³-hybridized carbons (Fsp3) is 0.300. The normalized spacial score (nSPS) is 17.3. The Balaban J connectivity index is 1.73. The predicted molar refractivity (Wildman–Crippen MR) is 94.6 cm³/mol. The van der Waals surface area contributed by atoms with Crippen LogP contribution in [-0.2, 0) is 19.1 Å². The summed E-state index contributed by atoms with van der Waals surface area (Å²) in [4.78, 5) is 25.2. The van der Waals surface area contributed by atoms with Crippen LogP contribution in [-0.4, -0.2) is 54.3 Å². The summed E-state index contributed by atoms with van der Waals surface area (Å²) in [7, 11) is 0. The molecule has 1 heterocycles. The summed E-state index contributed by atoms with van der Waals surface area (Å²) in [6.45, 7) is 0.386. The number of nitrogens with zero attached hydrogens (tertiary/aromatic N) is 1. The van der Waals surface area contributed by atoms with Gasteiger partial charge in [-0.1, -0.05) is 60.7 Å². The lowest BCUT2D eigenvalue weighted by atomic mass is 10.0. The topological polar surface area (TPSA) is 76.1 Å². The fourth-order valence-electron chi connectivity index (χ4n) is 2.98. The highest BCUT2D eigenvalue weighted by Crippen LogP contribution is 2.26. The highest BCUT2D eigenvalue weighted by atomic mass is 16.5. The van der Waals surface area contributed by atoms with Gasteiger partial charge in [-0.3, -0.25) is 4.79 Å². The zero-order valence-electron chi connectivity index (χ0n) is 14.3. The van der Waals surface area contributed by atoms with Crippen molar-refractivity contribution in [1.29, 1.82) is 0 Å². The van der Waals surface area contributed by atoms with E-state index < -0.39 is 18.1 Å². The minimum absolute atomic E-state index is 0.00186. The van der Waals surface area contributed by atoms with Gasteiger partial charge < -0.3 is 19.5 Å². The molecular formula is C20H21NO5. The van der Waals surface area contributed by atoms with E-state index in [4.69, 9.17) is 9.47 Å². The molecule has 136 valence electrons. The van der Waals surface area contributed by atoms with Gasteiger partial charge in [0.15, 0.2) is 6.04 Å². The van der Waals surface area contributed by atoms with Crippen molar-refractivity contribution >= 4 is 11.9 Å². The Morgan fingerprint density at radius 1 is 1.08 bits per heavy atom. The van der Waals surface area contributed by atoms with Crippen molar-refractivity contribution in [3.05, 3.63) is 71.8 Å². The SMILES string of the molecule is O=C(O)C1COCCN1C(=O)COC(c1ccccc1)c1ccccc1. The van der Waals surface area contributed by atoms with Gasteiger partial charge >= 0.3 is 5.97 Å². The Bertz CT molecular complexity index is 695. The maximum Gasteiger partial charge on any atom is 0.328 e. The van der Waals surface area contributed by atoms with E-state index in [1.54, 1.807) is 0 Å². The van der Waals surface area contributed by atoms with Gasteiger partial charge in [0.05, 0.1) is 13.2 Å². The second-order valence-electron chi connectivity index (χ2n) is 6.03. The standard InChI is InChI=1S/C20H21NO5/c22-18(21-11-12-25-13-17(21)20(23)24)14-26-19(15-7-3-1-4-8-15)16-9-5-2-6-10-16/h1-10,17,19H,11-14H2,(H,23,24). The molecular weight excluding hydrogens is 334 g/mol. The van der Waals surface area contributed by atoms with Crippen LogP contribution in [0.1, 0.15) is 17.2 Å². The van der Waals surface area contributed by atoms with Crippen LogP contribution in [0, 0.1) is 0 Å². The zero-order valence-corrected chi connectivity index (χ0v) is 14.3. The Morgan fingerprint density at radius 2 is 1.65 bits per heavy atom. The van der Waals surface area contributed by atoms with Crippen molar-refractivity contribution in [2.24, 2.45) is 0 Å². The number of ether oxygens (including phenoxy) is 2. The molecule has 0 radical (unpaired) electrons. The van der Waals surface area contributed by atoms with E-state index in [2.05, 4.69) is 0 Å². The third-order valence-corrected chi connectivity index (χ3v) is 4.31. The second kappa shape index (κ2) is 8.60. The first kappa shape index (κ1) is 18.1. The molecule has 26 heavy (non-hydrogen) atoms. The van der Waals surface area contributed by atoms with Gasteiger partial charge in [0, 0.05) is 6.54 Å². The highest BCUT2D eigenvalue weighted by molar-refractivity contribution is 5.84. The van der Waals surface area contributed by atoms with Crippen molar-refractivity contribution in [3.63, 3.8) is 0 Å². The first-order chi connectivity index (χ1) is 12.7. The van der Waals surface area contributed by atoms with Crippen LogP contribution >= 0.6 is 0 Å². The minimum atomic E-state index is -1.07. The van der Waals surface area contributed by atoms with Crippen LogP contribution in [0.2, 0.25) is 0 Å². The third kappa shape index (κ3) is 4.28. The quantitative estimate of drug-likeness (QED) is 0.859. The Labute approximate surface area is 152 Å². The monoisotopic (exact) mass is 355 g/mol. The molecule has 0 spiro atoms. The van der Waals surface area contributed by atoms with Crippen molar-refractivity contribution in [1.82, 2.24) is 4.90 Å². The van der Waals surface area contributed by atoms with Crippen LogP contribution < -0.4 is 0 Å². The fourth-order valence-corrected chi connectivity index (χ4v) is 2.98. The van der Waals surface area contributed by atoms with Crippen LogP contribution in [0.5, 0.6) is 0 Å². The number of aliphatic carboxylic acids is 1. The van der Waals surface area contributed by atoms with E-state index in [9.17, 15) is 14.7 Å². The highest BCUT2D eigenvalue weighted by Gasteiger charge is 2.33. The Hall–Kier alpha value is -2.70. The molecule has 1 N–H and O–H groups in total. The molecule has 0 aromatic heterocycles. The van der Waals surface area contributed by atoms with Crippen LogP contribution in [0.4, 0.5) is 0 Å². The number of amides is 1. The van der Waals surface area contributed by atoms with E-state index in [1.165, 1.54) is 4.90 Å². The zero-order chi connectivity index (χ0) is 18.4. The van der Waals surface area contributed by atoms with Gasteiger partial charge in [0.1, 0.15) is 12.7 Å². The number of hydrogen-bond acceptors (Lipinski definition) is 4. The number of hydrogen-bond donors (Lipinski definition) is 1. The number of carbonyl (C=O) groups excluding carboxylic acids is 1. The van der Waals surface area contributed by atoms with Gasteiger partial charge in [-0.15, -0.1) is 0 Å². The molecule has 0 aliphatic carbocycles. The Morgan fingerprint density at radius 3 is 2.19 bits per heavy atom. The van der Waals surface area contributed by atoms with Gasteiger partial charge in [0.25, 0.3) is 0 Å². The molecule has 3 rings (SSSR count). The minimum Gasteiger partial charge on any atom is -0.480 e. The predicted octanol–water partition coefficient (Wildman–Crippen LogP) is 2.10. The van der Waals surface area contributed by atoms with E-state index in [1.807, 2.05) is 60.7 Å². The number of morpholine rings is 1. The van der Waals surface area contributed by atoms with E-state index in [0.717, 1.165) is 11.1 Å². The maximum absolute atomic E-state index is 12.6. The van der Waals surface area contributed by atoms with Crippen LogP contribution in [0.25, 0.3) is 0 Å². The summed E-state index contributed by atoms with van der Waals surface area (Å²) in [5, 5.41) is 9.28. The molecule has 1 fully saturated rings. The lowest BCUT2D eigenvalue weighted by molar-refractivity contribution is -0.161. The van der Waals surface area contributed by atoms with Crippen molar-refractivity contribution < 1.29 is 24.2 Å². The molecule has 0 bridgehead atoms. The largest absolute Gasteiger partial charge is 0.480 e. The smallest absolute Gasteiger partial charge is 0.328 e. The number of carboxylic acid groups (broad SMARTS) is 1. The van der Waals surface area contributed by atoms with Gasteiger partial charge in [-0.25, -0.2) is 4.79 Å². The molecule has 2 aromatic carbocycles. The summed E-state index contributed by atoms with van der Waals surface area (Å²) in [6, 6.07) is 18.3. The van der Waals surface area contributed by atoms with E-state index in [0.29, 0.717) is 6.61 Å². The first-order valence-electron chi connectivity index (χ1n) is 8.48. The summed E-state index contributed by atoms with van der Waals surface area (Å²) in [5.74, 6) is -1.42. The Kier molecular flexibility index (Phi) is 5.99. The van der Waals surface area contributed by atoms with Crippen molar-refractivity contribution in [3.8, 4) is 0 Å². The van der Waals surface area contributed by atoms with E-state index in [-0.39, 0.29) is 25.7 Å². The van der Waals surface area contributed by atoms with Crippen LogP contribution in [0.15, 0.2) is 60.7 Å². The molecule has 1 atom stereocenters. The van der Waals surface area contributed by atoms with Crippen molar-refractivity contribution in [2.45, 2.75) is 12.1 Å². The lowest BCUT2D eigenvalue weighted by Crippen LogP contribution is -2.53. The van der Waals surface area contributed by atoms with E-state index >= 15 is 0 Å². The molecule has 1 amide bonds. The summed E-state index contributed by atoms with van der Waals surface area (Å²) >= 11 is 0. The molecule has 2 aromatic rings. The molecule has 6 heteroatoms. The number of rotatable bonds is 6. The summed E-state index contributed by atoms with van der Waals surface area (Å²) in [6.07, 6.45) is -0.398. The molecule has 1 unspecified atom stereocenters. The van der Waals surface area contributed by atoms with Gasteiger partial charge in [-0.05, 0) is 11.1 Å². The number of carbonyl (C=O) groups is 2. The molecule has 1 aliphatic rings. The average molecular weight is 355 g/mol. The molecule has 0 saturated carbocycles. The molecule has 1 aliphatic heterocycles. The first-order valence-corrected chi connectivity index (χ1v) is 8.48. The van der Waals surface area contributed by atoms with Crippen molar-refractivity contribution in [2.75, 3.05) is 26.4 Å². The average Bonchev–Trinajstić information content (AvgIpc) is 2.69. The molecule has 6 nitrogen and oxygen atoms in total. The summed E-state index contributed by atoms with van der Waals surface area (Å²) in [5.41, 5.74) is 1.87. The summed E-state index contributed by atoms with van der Waals surface area (Å²) < 4.78 is 11.1. The van der Waals surface area contributed by atoms with Gasteiger partial charge in [0.2, 0.25) is 5.91 Å². The molecule has 1 saturated heterocycles. The number of carboxylic acids is 1. The lowest BCUT2D eigenvalue weighted by Gasteiger charge is -2.33. The third-order valence-electron chi connectivity index (χ3n) is 4.31.